The minimum absolute atomic E-state index is 0.00279. The van der Waals surface area contributed by atoms with E-state index in [1.54, 1.807) is 17.0 Å². The lowest BCUT2D eigenvalue weighted by Crippen LogP contribution is -2.34. The Hall–Kier alpha value is -2.55. The largest absolute Gasteiger partial charge is 0.507 e. The molecule has 33 heavy (non-hydrogen) atoms. The molecule has 182 valence electrons. The van der Waals surface area contributed by atoms with Crippen LogP contribution in [0.5, 0.6) is 11.5 Å². The zero-order valence-electron chi connectivity index (χ0n) is 20.6. The third-order valence-corrected chi connectivity index (χ3v) is 6.86. The first-order chi connectivity index (χ1) is 15.7. The molecule has 1 amide bonds. The average Bonchev–Trinajstić information content (AvgIpc) is 2.76. The maximum Gasteiger partial charge on any atom is 0.414 e. The maximum absolute atomic E-state index is 13.3. The van der Waals surface area contributed by atoms with Gasteiger partial charge in [-0.05, 0) is 18.5 Å². The van der Waals surface area contributed by atoms with Crippen LogP contribution in [0.2, 0.25) is 25.7 Å². The Balaban J connectivity index is 2.50. The highest BCUT2D eigenvalue weighted by Crippen LogP contribution is 2.36. The van der Waals surface area contributed by atoms with Crippen LogP contribution < -0.4 is 9.64 Å². The molecule has 0 atom stereocenters. The van der Waals surface area contributed by atoms with Crippen molar-refractivity contribution < 1.29 is 28.8 Å². The van der Waals surface area contributed by atoms with Crippen LogP contribution in [0.3, 0.4) is 0 Å². The smallest absolute Gasteiger partial charge is 0.414 e. The summed E-state index contributed by atoms with van der Waals surface area (Å²) in [5, 5.41) is 10.9. The molecular formula is C25H37NO6Si. The number of ether oxygens (including phenoxy) is 4. The molecule has 0 aromatic heterocycles. The van der Waals surface area contributed by atoms with Gasteiger partial charge in [0.05, 0.1) is 25.4 Å². The normalized spacial score (nSPS) is 11.5. The Labute approximate surface area is 198 Å². The van der Waals surface area contributed by atoms with Crippen molar-refractivity contribution >= 4 is 19.9 Å². The summed E-state index contributed by atoms with van der Waals surface area (Å²) >= 11 is 0. The summed E-state index contributed by atoms with van der Waals surface area (Å²) < 4.78 is 22.1. The van der Waals surface area contributed by atoms with Gasteiger partial charge in [-0.25, -0.2) is 4.79 Å². The molecule has 2 aromatic rings. The molecular weight excluding hydrogens is 438 g/mol. The Morgan fingerprint density at radius 1 is 1.09 bits per heavy atom. The third-order valence-electron chi connectivity index (χ3n) is 5.16. The predicted molar refractivity (Wildman–Crippen MR) is 133 cm³/mol. The van der Waals surface area contributed by atoms with Gasteiger partial charge in [0, 0.05) is 46.4 Å². The van der Waals surface area contributed by atoms with E-state index in [1.165, 1.54) is 14.2 Å². The second-order valence-electron chi connectivity index (χ2n) is 8.97. The standard InChI is InChI=1S/C25H37NO6Si/c1-7-31-20-15-22(21(23(27)16-20)17-24(29-2)30-3)26(18-19-11-9-8-10-12-19)25(28)32-13-14-33(4,5)6/h8-12,15-16,24,27H,7,13-14,17-18H2,1-6H3. The molecule has 2 aromatic carbocycles. The average molecular weight is 476 g/mol. The quantitative estimate of drug-likeness (QED) is 0.326. The number of phenolic OH excluding ortho intramolecular Hbond substituents is 1. The second kappa shape index (κ2) is 12.6. The van der Waals surface area contributed by atoms with Crippen molar-refractivity contribution in [2.45, 2.75) is 51.9 Å². The van der Waals surface area contributed by atoms with Crippen molar-refractivity contribution in [1.82, 2.24) is 0 Å². The molecule has 0 bridgehead atoms. The molecule has 1 N–H and O–H groups in total. The van der Waals surface area contributed by atoms with Gasteiger partial charge >= 0.3 is 6.09 Å². The Morgan fingerprint density at radius 2 is 1.76 bits per heavy atom. The van der Waals surface area contributed by atoms with Crippen molar-refractivity contribution in [2.24, 2.45) is 0 Å². The fourth-order valence-electron chi connectivity index (χ4n) is 3.28. The first kappa shape index (κ1) is 26.7. The van der Waals surface area contributed by atoms with E-state index >= 15 is 0 Å². The van der Waals surface area contributed by atoms with Crippen LogP contribution in [-0.2, 0) is 27.2 Å². The van der Waals surface area contributed by atoms with Gasteiger partial charge in [0.2, 0.25) is 0 Å². The number of anilines is 1. The Morgan fingerprint density at radius 3 is 2.33 bits per heavy atom. The fraction of sp³-hybridized carbons (Fsp3) is 0.480. The van der Waals surface area contributed by atoms with Crippen molar-refractivity contribution in [3.8, 4) is 11.5 Å². The summed E-state index contributed by atoms with van der Waals surface area (Å²) in [4.78, 5) is 14.9. The van der Waals surface area contributed by atoms with Crippen molar-refractivity contribution in [1.29, 1.82) is 0 Å². The van der Waals surface area contributed by atoms with Crippen molar-refractivity contribution in [2.75, 3.05) is 32.3 Å². The van der Waals surface area contributed by atoms with E-state index in [0.29, 0.717) is 30.2 Å². The predicted octanol–water partition coefficient (Wildman–Crippen LogP) is 5.43. The van der Waals surface area contributed by atoms with Gasteiger partial charge in [0.25, 0.3) is 0 Å². The van der Waals surface area contributed by atoms with Crippen molar-refractivity contribution in [3.05, 3.63) is 53.6 Å². The number of amides is 1. The zero-order valence-corrected chi connectivity index (χ0v) is 21.6. The highest BCUT2D eigenvalue weighted by atomic mass is 28.3. The van der Waals surface area contributed by atoms with Crippen LogP contribution in [0.1, 0.15) is 18.1 Å². The van der Waals surface area contributed by atoms with Crippen LogP contribution in [0.4, 0.5) is 10.5 Å². The molecule has 0 saturated carbocycles. The number of phenols is 1. The Bertz CT molecular complexity index is 880. The minimum Gasteiger partial charge on any atom is -0.507 e. The minimum atomic E-state index is -1.37. The summed E-state index contributed by atoms with van der Waals surface area (Å²) in [6.07, 6.45) is -0.819. The number of methoxy groups -OCH3 is 2. The van der Waals surface area contributed by atoms with Gasteiger partial charge in [-0.2, -0.15) is 0 Å². The number of benzene rings is 2. The molecule has 0 heterocycles. The molecule has 0 unspecified atom stereocenters. The Kier molecular flexibility index (Phi) is 10.2. The number of hydrogen-bond donors (Lipinski definition) is 1. The van der Waals surface area contributed by atoms with E-state index in [9.17, 15) is 9.90 Å². The topological polar surface area (TPSA) is 77.5 Å². The number of carbonyl (C=O) groups excluding carboxylic acids is 1. The molecule has 8 heteroatoms. The third kappa shape index (κ3) is 8.38. The lowest BCUT2D eigenvalue weighted by molar-refractivity contribution is -0.100. The van der Waals surface area contributed by atoms with Crippen LogP contribution in [-0.4, -0.2) is 53.0 Å². The molecule has 0 radical (unpaired) electrons. The van der Waals surface area contributed by atoms with Gasteiger partial charge in [0.1, 0.15) is 11.5 Å². The summed E-state index contributed by atoms with van der Waals surface area (Å²) in [6, 6.07) is 13.8. The molecule has 0 saturated heterocycles. The molecule has 0 aliphatic carbocycles. The summed E-state index contributed by atoms with van der Waals surface area (Å²) in [7, 11) is 1.69. The van der Waals surface area contributed by atoms with E-state index in [2.05, 4.69) is 19.6 Å². The van der Waals surface area contributed by atoms with Gasteiger partial charge in [0.15, 0.2) is 6.29 Å². The highest BCUT2D eigenvalue weighted by molar-refractivity contribution is 6.76. The molecule has 0 fully saturated rings. The molecule has 0 aliphatic heterocycles. The van der Waals surface area contributed by atoms with Crippen LogP contribution >= 0.6 is 0 Å². The van der Waals surface area contributed by atoms with E-state index in [1.807, 2.05) is 37.3 Å². The lowest BCUT2D eigenvalue weighted by atomic mass is 10.1. The summed E-state index contributed by atoms with van der Waals surface area (Å²) in [5.74, 6) is 0.469. The second-order valence-corrected chi connectivity index (χ2v) is 14.6. The molecule has 0 aliphatic rings. The number of carbonyl (C=O) groups is 1. The molecule has 2 rings (SSSR count). The fourth-order valence-corrected chi connectivity index (χ4v) is 4.00. The zero-order chi connectivity index (χ0) is 24.4. The molecule has 0 spiro atoms. The van der Waals surface area contributed by atoms with Gasteiger partial charge < -0.3 is 24.1 Å². The van der Waals surface area contributed by atoms with E-state index in [0.717, 1.165) is 11.6 Å². The summed E-state index contributed by atoms with van der Waals surface area (Å²) in [5.41, 5.74) is 1.95. The maximum atomic E-state index is 13.3. The lowest BCUT2D eigenvalue weighted by Gasteiger charge is -2.27. The van der Waals surface area contributed by atoms with Crippen LogP contribution in [0.15, 0.2) is 42.5 Å². The van der Waals surface area contributed by atoms with Crippen LogP contribution in [0.25, 0.3) is 0 Å². The SMILES string of the molecule is CCOc1cc(O)c(CC(OC)OC)c(N(Cc2ccccc2)C(=O)OCC[Si](C)(C)C)c1. The van der Waals surface area contributed by atoms with Crippen molar-refractivity contribution in [3.63, 3.8) is 0 Å². The van der Waals surface area contributed by atoms with Gasteiger partial charge in [-0.1, -0.05) is 50.0 Å². The van der Waals surface area contributed by atoms with Gasteiger partial charge in [-0.15, -0.1) is 0 Å². The van der Waals surface area contributed by atoms with Crippen LogP contribution in [0, 0.1) is 0 Å². The monoisotopic (exact) mass is 475 g/mol. The van der Waals surface area contributed by atoms with E-state index in [-0.39, 0.29) is 18.7 Å². The number of nitrogens with zero attached hydrogens (tertiary/aromatic N) is 1. The van der Waals surface area contributed by atoms with E-state index in [4.69, 9.17) is 18.9 Å². The van der Waals surface area contributed by atoms with Gasteiger partial charge in [-0.3, -0.25) is 4.90 Å². The highest BCUT2D eigenvalue weighted by Gasteiger charge is 2.26. The first-order valence-corrected chi connectivity index (χ1v) is 14.9. The first-order valence-electron chi connectivity index (χ1n) is 11.2. The van der Waals surface area contributed by atoms with E-state index < -0.39 is 20.5 Å². The number of aromatic hydroxyl groups is 1. The number of hydrogen-bond acceptors (Lipinski definition) is 6. The summed E-state index contributed by atoms with van der Waals surface area (Å²) in [6.45, 7) is 9.63. The number of rotatable bonds is 12. The molecule has 7 nitrogen and oxygen atoms in total.